The van der Waals surface area contributed by atoms with Crippen molar-refractivity contribution in [2.45, 2.75) is 20.3 Å². The number of ether oxygens (including phenoxy) is 3. The molecule has 0 atom stereocenters. The number of nitrogens with one attached hydrogen (secondary N) is 1. The zero-order valence-corrected chi connectivity index (χ0v) is 12.6. The van der Waals surface area contributed by atoms with Crippen molar-refractivity contribution in [2.75, 3.05) is 33.0 Å². The molecule has 1 rings (SSSR count). The largest absolute Gasteiger partial charge is 0.490 e. The predicted octanol–water partition coefficient (Wildman–Crippen LogP) is 1.74. The van der Waals surface area contributed by atoms with E-state index in [0.717, 1.165) is 11.3 Å². The Kier molecular flexibility index (Phi) is 8.04. The highest BCUT2D eigenvalue weighted by molar-refractivity contribution is 5.67. The van der Waals surface area contributed by atoms with Crippen LogP contribution in [-0.4, -0.2) is 44.2 Å². The van der Waals surface area contributed by atoms with Gasteiger partial charge in [-0.15, -0.1) is 0 Å². The predicted molar refractivity (Wildman–Crippen MR) is 78.9 cm³/mol. The molecule has 21 heavy (non-hydrogen) atoms. The standard InChI is InChI=1S/C15H23NO5/c1-3-19-13-6-5-12(11-14(13)20-4-2)7-8-16-15(18)21-10-9-17/h5-6,11,17H,3-4,7-10H2,1-2H3,(H,16,18). The molecule has 0 saturated heterocycles. The lowest BCUT2D eigenvalue weighted by molar-refractivity contribution is 0.119. The summed E-state index contributed by atoms with van der Waals surface area (Å²) in [6, 6.07) is 5.72. The minimum atomic E-state index is -0.528. The Morgan fingerprint density at radius 3 is 2.57 bits per heavy atom. The normalized spacial score (nSPS) is 10.0. The molecule has 1 aromatic rings. The van der Waals surface area contributed by atoms with Crippen LogP contribution >= 0.6 is 0 Å². The zero-order chi connectivity index (χ0) is 15.5. The molecular formula is C15H23NO5. The molecule has 0 aliphatic heterocycles. The number of alkyl carbamates (subject to hydrolysis) is 1. The van der Waals surface area contributed by atoms with Crippen LogP contribution in [-0.2, 0) is 11.2 Å². The number of benzene rings is 1. The number of hydrogen-bond donors (Lipinski definition) is 2. The van der Waals surface area contributed by atoms with E-state index in [9.17, 15) is 4.79 Å². The van der Waals surface area contributed by atoms with Gasteiger partial charge in [-0.25, -0.2) is 4.79 Å². The van der Waals surface area contributed by atoms with Crippen molar-refractivity contribution in [1.29, 1.82) is 0 Å². The Bertz CT molecular complexity index is 436. The van der Waals surface area contributed by atoms with E-state index in [-0.39, 0.29) is 13.2 Å². The summed E-state index contributed by atoms with van der Waals surface area (Å²) in [5.41, 5.74) is 1.03. The second-order valence-corrected chi connectivity index (χ2v) is 4.18. The van der Waals surface area contributed by atoms with Crippen molar-refractivity contribution in [1.82, 2.24) is 5.32 Å². The first-order valence-corrected chi connectivity index (χ1v) is 7.11. The van der Waals surface area contributed by atoms with E-state index in [1.54, 1.807) is 0 Å². The molecule has 0 radical (unpaired) electrons. The summed E-state index contributed by atoms with van der Waals surface area (Å²) in [5.74, 6) is 1.43. The lowest BCUT2D eigenvalue weighted by atomic mass is 10.1. The summed E-state index contributed by atoms with van der Waals surface area (Å²) in [5, 5.41) is 11.2. The highest BCUT2D eigenvalue weighted by Gasteiger charge is 2.07. The fourth-order valence-corrected chi connectivity index (χ4v) is 1.75. The molecule has 0 heterocycles. The average molecular weight is 297 g/mol. The van der Waals surface area contributed by atoms with Crippen LogP contribution in [0.5, 0.6) is 11.5 Å². The van der Waals surface area contributed by atoms with E-state index in [1.165, 1.54) is 0 Å². The SMILES string of the molecule is CCOc1ccc(CCNC(=O)OCCO)cc1OCC. The molecule has 0 fully saturated rings. The van der Waals surface area contributed by atoms with Crippen molar-refractivity contribution in [3.63, 3.8) is 0 Å². The molecule has 118 valence electrons. The lowest BCUT2D eigenvalue weighted by Gasteiger charge is -2.12. The molecular weight excluding hydrogens is 274 g/mol. The maximum atomic E-state index is 11.2. The Labute approximate surface area is 125 Å². The maximum absolute atomic E-state index is 11.2. The van der Waals surface area contributed by atoms with Crippen molar-refractivity contribution in [3.05, 3.63) is 23.8 Å². The molecule has 0 aliphatic rings. The second kappa shape index (κ2) is 9.88. The zero-order valence-electron chi connectivity index (χ0n) is 12.6. The van der Waals surface area contributed by atoms with Gasteiger partial charge in [-0.1, -0.05) is 6.07 Å². The Morgan fingerprint density at radius 2 is 1.90 bits per heavy atom. The number of amides is 1. The van der Waals surface area contributed by atoms with Gasteiger partial charge in [0.1, 0.15) is 6.61 Å². The third kappa shape index (κ3) is 6.35. The number of aliphatic hydroxyl groups excluding tert-OH is 1. The number of carbonyl (C=O) groups is 1. The van der Waals surface area contributed by atoms with Gasteiger partial charge in [-0.2, -0.15) is 0 Å². The summed E-state index contributed by atoms with van der Waals surface area (Å²) >= 11 is 0. The van der Waals surface area contributed by atoms with Gasteiger partial charge in [-0.3, -0.25) is 0 Å². The minimum Gasteiger partial charge on any atom is -0.490 e. The molecule has 0 saturated carbocycles. The van der Waals surface area contributed by atoms with E-state index in [4.69, 9.17) is 19.3 Å². The molecule has 2 N–H and O–H groups in total. The molecule has 0 aliphatic carbocycles. The second-order valence-electron chi connectivity index (χ2n) is 4.18. The van der Waals surface area contributed by atoms with Crippen LogP contribution in [0.25, 0.3) is 0 Å². The third-order valence-corrected chi connectivity index (χ3v) is 2.62. The Balaban J connectivity index is 2.51. The van der Waals surface area contributed by atoms with Crippen LogP contribution in [0, 0.1) is 0 Å². The van der Waals surface area contributed by atoms with Gasteiger partial charge in [0.25, 0.3) is 0 Å². The van der Waals surface area contributed by atoms with Gasteiger partial charge in [0.05, 0.1) is 19.8 Å². The van der Waals surface area contributed by atoms with Gasteiger partial charge < -0.3 is 24.6 Å². The molecule has 1 aromatic carbocycles. The highest BCUT2D eigenvalue weighted by Crippen LogP contribution is 2.28. The summed E-state index contributed by atoms with van der Waals surface area (Å²) < 4.78 is 15.7. The van der Waals surface area contributed by atoms with Gasteiger partial charge in [0.15, 0.2) is 11.5 Å². The van der Waals surface area contributed by atoms with Gasteiger partial charge in [0.2, 0.25) is 0 Å². The molecule has 0 spiro atoms. The van der Waals surface area contributed by atoms with Crippen LogP contribution in [0.1, 0.15) is 19.4 Å². The van der Waals surface area contributed by atoms with E-state index in [1.807, 2.05) is 32.0 Å². The van der Waals surface area contributed by atoms with Gasteiger partial charge >= 0.3 is 6.09 Å². The third-order valence-electron chi connectivity index (χ3n) is 2.62. The number of aliphatic hydroxyl groups is 1. The Morgan fingerprint density at radius 1 is 1.19 bits per heavy atom. The first-order valence-electron chi connectivity index (χ1n) is 7.11. The summed E-state index contributed by atoms with van der Waals surface area (Å²) in [6.45, 7) is 5.26. The Hall–Kier alpha value is -1.95. The first-order chi connectivity index (χ1) is 10.2. The summed E-state index contributed by atoms with van der Waals surface area (Å²) in [7, 11) is 0. The fraction of sp³-hybridized carbons (Fsp3) is 0.533. The number of carbonyl (C=O) groups excluding carboxylic acids is 1. The van der Waals surface area contributed by atoms with Crippen molar-refractivity contribution in [3.8, 4) is 11.5 Å². The van der Waals surface area contributed by atoms with E-state index in [0.29, 0.717) is 31.9 Å². The lowest BCUT2D eigenvalue weighted by Crippen LogP contribution is -2.27. The molecule has 6 nitrogen and oxygen atoms in total. The molecule has 0 unspecified atom stereocenters. The average Bonchev–Trinajstić information content (AvgIpc) is 2.48. The minimum absolute atomic E-state index is 0.00335. The first kappa shape index (κ1) is 17.1. The van der Waals surface area contributed by atoms with E-state index >= 15 is 0 Å². The monoisotopic (exact) mass is 297 g/mol. The topological polar surface area (TPSA) is 77.0 Å². The smallest absolute Gasteiger partial charge is 0.407 e. The molecule has 0 bridgehead atoms. The van der Waals surface area contributed by atoms with E-state index < -0.39 is 6.09 Å². The summed E-state index contributed by atoms with van der Waals surface area (Å²) in [6.07, 6.45) is 0.126. The molecule has 6 heteroatoms. The van der Waals surface area contributed by atoms with Crippen LogP contribution in [0.15, 0.2) is 18.2 Å². The van der Waals surface area contributed by atoms with Crippen LogP contribution in [0.4, 0.5) is 4.79 Å². The van der Waals surface area contributed by atoms with E-state index in [2.05, 4.69) is 5.32 Å². The number of hydrogen-bond acceptors (Lipinski definition) is 5. The number of rotatable bonds is 9. The van der Waals surface area contributed by atoms with Crippen molar-refractivity contribution in [2.24, 2.45) is 0 Å². The highest BCUT2D eigenvalue weighted by atomic mass is 16.6. The van der Waals surface area contributed by atoms with Gasteiger partial charge in [-0.05, 0) is 38.0 Å². The van der Waals surface area contributed by atoms with Crippen LogP contribution in [0.2, 0.25) is 0 Å². The van der Waals surface area contributed by atoms with Crippen LogP contribution < -0.4 is 14.8 Å². The van der Waals surface area contributed by atoms with Gasteiger partial charge in [0, 0.05) is 6.54 Å². The fourth-order valence-electron chi connectivity index (χ4n) is 1.75. The molecule has 0 aromatic heterocycles. The van der Waals surface area contributed by atoms with Crippen molar-refractivity contribution >= 4 is 6.09 Å². The van der Waals surface area contributed by atoms with Crippen molar-refractivity contribution < 1.29 is 24.1 Å². The molecule has 1 amide bonds. The quantitative estimate of drug-likeness (QED) is 0.726. The summed E-state index contributed by atoms with van der Waals surface area (Å²) in [4.78, 5) is 11.2. The van der Waals surface area contributed by atoms with Crippen LogP contribution in [0.3, 0.4) is 0 Å². The maximum Gasteiger partial charge on any atom is 0.407 e.